The smallest absolute Gasteiger partial charge is 0.270 e. The third kappa shape index (κ3) is 3.56. The molecular weight excluding hydrogens is 344 g/mol. The second kappa shape index (κ2) is 7.46. The lowest BCUT2D eigenvalue weighted by atomic mass is 9.85. The van der Waals surface area contributed by atoms with Gasteiger partial charge in [-0.25, -0.2) is 15.0 Å². The Hall–Kier alpha value is -2.77. The molecule has 0 bridgehead atoms. The summed E-state index contributed by atoms with van der Waals surface area (Å²) < 4.78 is 1.73. The van der Waals surface area contributed by atoms with E-state index in [1.165, 1.54) is 0 Å². The van der Waals surface area contributed by atoms with Crippen molar-refractivity contribution in [1.29, 1.82) is 0 Å². The summed E-state index contributed by atoms with van der Waals surface area (Å²) >= 11 is 0. The number of hydrogen-bond acceptors (Lipinski definition) is 5. The molecule has 0 unspecified atom stereocenters. The molecule has 2 aromatic rings. The molecule has 2 aliphatic rings. The van der Waals surface area contributed by atoms with E-state index in [4.69, 9.17) is 0 Å². The van der Waals surface area contributed by atoms with Gasteiger partial charge in [-0.15, -0.1) is 0 Å². The van der Waals surface area contributed by atoms with Gasteiger partial charge >= 0.3 is 0 Å². The molecule has 1 fully saturated rings. The van der Waals surface area contributed by atoms with E-state index in [1.807, 2.05) is 0 Å². The van der Waals surface area contributed by atoms with Crippen molar-refractivity contribution in [3.05, 3.63) is 35.7 Å². The second-order valence-electron chi connectivity index (χ2n) is 7.26. The summed E-state index contributed by atoms with van der Waals surface area (Å²) in [6.45, 7) is 0. The van der Waals surface area contributed by atoms with Gasteiger partial charge in [0.1, 0.15) is 12.0 Å². The molecule has 0 spiro atoms. The number of amides is 2. The van der Waals surface area contributed by atoms with Crippen molar-refractivity contribution in [1.82, 2.24) is 30.2 Å². The SMILES string of the molecule is CNC(=O)[C@H]1CC[C@@H](NC(=O)c2nc(-n3ccnc3)nc3c2CCC3)CC1. The first kappa shape index (κ1) is 17.6. The molecule has 2 aromatic heterocycles. The number of fused-ring (bicyclic) bond motifs is 1. The van der Waals surface area contributed by atoms with Crippen LogP contribution in [0.5, 0.6) is 0 Å². The average Bonchev–Trinajstić information content (AvgIpc) is 3.38. The standard InChI is InChI=1S/C19H24N6O2/c1-20-17(26)12-5-7-13(8-6-12)22-18(27)16-14-3-2-4-15(14)23-19(24-16)25-10-9-21-11-25/h9-13H,2-8H2,1H3,(H,20,26)(H,22,27)/t12-,13+. The molecule has 0 saturated heterocycles. The van der Waals surface area contributed by atoms with Crippen molar-refractivity contribution in [3.8, 4) is 5.95 Å². The molecule has 4 rings (SSSR count). The fourth-order valence-electron chi connectivity index (χ4n) is 4.06. The predicted octanol–water partition coefficient (Wildman–Crippen LogP) is 1.19. The lowest BCUT2D eigenvalue weighted by Crippen LogP contribution is -2.41. The highest BCUT2D eigenvalue weighted by molar-refractivity contribution is 5.94. The van der Waals surface area contributed by atoms with Gasteiger partial charge in [-0.3, -0.25) is 14.2 Å². The Bertz CT molecular complexity index is 840. The monoisotopic (exact) mass is 368 g/mol. The number of nitrogens with zero attached hydrogens (tertiary/aromatic N) is 4. The molecule has 27 heavy (non-hydrogen) atoms. The van der Waals surface area contributed by atoms with Gasteiger partial charge in [0, 0.05) is 42.7 Å². The quantitative estimate of drug-likeness (QED) is 0.844. The largest absolute Gasteiger partial charge is 0.359 e. The van der Waals surface area contributed by atoms with Gasteiger partial charge in [-0.05, 0) is 44.9 Å². The van der Waals surface area contributed by atoms with Crippen molar-refractivity contribution in [2.75, 3.05) is 7.05 Å². The van der Waals surface area contributed by atoms with Crippen LogP contribution < -0.4 is 10.6 Å². The molecule has 2 aliphatic carbocycles. The summed E-state index contributed by atoms with van der Waals surface area (Å²) in [6.07, 6.45) is 11.0. The van der Waals surface area contributed by atoms with E-state index in [9.17, 15) is 9.59 Å². The normalized spacial score (nSPS) is 21.5. The van der Waals surface area contributed by atoms with Gasteiger partial charge in [0.15, 0.2) is 0 Å². The molecular formula is C19H24N6O2. The Balaban J connectivity index is 1.50. The highest BCUT2D eigenvalue weighted by Gasteiger charge is 2.29. The topological polar surface area (TPSA) is 102 Å². The van der Waals surface area contributed by atoms with E-state index in [1.54, 1.807) is 30.3 Å². The Morgan fingerprint density at radius 2 is 1.96 bits per heavy atom. The predicted molar refractivity (Wildman–Crippen MR) is 98.5 cm³/mol. The van der Waals surface area contributed by atoms with E-state index in [0.29, 0.717) is 11.6 Å². The number of hydrogen-bond donors (Lipinski definition) is 2. The Morgan fingerprint density at radius 1 is 1.15 bits per heavy atom. The Kier molecular flexibility index (Phi) is 4.87. The molecule has 0 aromatic carbocycles. The molecule has 142 valence electrons. The first-order valence-electron chi connectivity index (χ1n) is 9.56. The fraction of sp³-hybridized carbons (Fsp3) is 0.526. The van der Waals surface area contributed by atoms with Crippen LogP contribution in [0.1, 0.15) is 53.8 Å². The number of carbonyl (C=O) groups excluding carboxylic acids is 2. The minimum absolute atomic E-state index is 0.0549. The zero-order chi connectivity index (χ0) is 18.8. The summed E-state index contributed by atoms with van der Waals surface area (Å²) in [7, 11) is 1.67. The number of aromatic nitrogens is 4. The molecule has 2 N–H and O–H groups in total. The minimum atomic E-state index is -0.139. The summed E-state index contributed by atoms with van der Waals surface area (Å²) in [5, 5.41) is 5.84. The maximum atomic E-state index is 13.0. The third-order valence-electron chi connectivity index (χ3n) is 5.55. The first-order chi connectivity index (χ1) is 13.2. The lowest BCUT2D eigenvalue weighted by molar-refractivity contribution is -0.125. The molecule has 0 radical (unpaired) electrons. The van der Waals surface area contributed by atoms with E-state index >= 15 is 0 Å². The zero-order valence-electron chi connectivity index (χ0n) is 15.4. The summed E-state index contributed by atoms with van der Waals surface area (Å²) in [4.78, 5) is 37.9. The number of rotatable bonds is 4. The maximum absolute atomic E-state index is 13.0. The molecule has 1 saturated carbocycles. The van der Waals surface area contributed by atoms with Crippen molar-refractivity contribution in [2.24, 2.45) is 5.92 Å². The highest BCUT2D eigenvalue weighted by Crippen LogP contribution is 2.26. The second-order valence-corrected chi connectivity index (χ2v) is 7.26. The number of nitrogens with one attached hydrogen (secondary N) is 2. The zero-order valence-corrected chi connectivity index (χ0v) is 15.4. The number of aryl methyl sites for hydroxylation is 1. The van der Waals surface area contributed by atoms with Gasteiger partial charge in [-0.2, -0.15) is 0 Å². The van der Waals surface area contributed by atoms with E-state index < -0.39 is 0 Å². The van der Waals surface area contributed by atoms with Crippen LogP contribution in [-0.2, 0) is 17.6 Å². The van der Waals surface area contributed by atoms with Crippen LogP contribution in [0.25, 0.3) is 5.95 Å². The van der Waals surface area contributed by atoms with Gasteiger partial charge in [-0.1, -0.05) is 0 Å². The van der Waals surface area contributed by atoms with Crippen molar-refractivity contribution in [3.63, 3.8) is 0 Å². The van der Waals surface area contributed by atoms with Crippen LogP contribution in [0.15, 0.2) is 18.7 Å². The molecule has 2 heterocycles. The molecule has 2 amide bonds. The van der Waals surface area contributed by atoms with Gasteiger partial charge in [0.05, 0.1) is 0 Å². The van der Waals surface area contributed by atoms with Crippen LogP contribution in [0, 0.1) is 5.92 Å². The van der Waals surface area contributed by atoms with Crippen molar-refractivity contribution < 1.29 is 9.59 Å². The van der Waals surface area contributed by atoms with Crippen LogP contribution in [0.2, 0.25) is 0 Å². The van der Waals surface area contributed by atoms with E-state index in [2.05, 4.69) is 25.6 Å². The van der Waals surface area contributed by atoms with Crippen LogP contribution in [0.4, 0.5) is 0 Å². The van der Waals surface area contributed by atoms with Crippen LogP contribution in [-0.4, -0.2) is 44.4 Å². The summed E-state index contributed by atoms with van der Waals surface area (Å²) in [6, 6.07) is 0.0853. The van der Waals surface area contributed by atoms with Gasteiger partial charge in [0.25, 0.3) is 5.91 Å². The lowest BCUT2D eigenvalue weighted by Gasteiger charge is -2.28. The minimum Gasteiger partial charge on any atom is -0.359 e. The third-order valence-corrected chi connectivity index (χ3v) is 5.55. The molecule has 8 nitrogen and oxygen atoms in total. The fourth-order valence-corrected chi connectivity index (χ4v) is 4.06. The van der Waals surface area contributed by atoms with Gasteiger partial charge in [0.2, 0.25) is 11.9 Å². The van der Waals surface area contributed by atoms with Crippen molar-refractivity contribution >= 4 is 11.8 Å². The number of carbonyl (C=O) groups is 2. The number of imidazole rings is 1. The molecule has 8 heteroatoms. The highest BCUT2D eigenvalue weighted by atomic mass is 16.2. The maximum Gasteiger partial charge on any atom is 0.270 e. The Labute approximate surface area is 157 Å². The Morgan fingerprint density at radius 3 is 2.67 bits per heavy atom. The van der Waals surface area contributed by atoms with E-state index in [-0.39, 0.29) is 23.8 Å². The summed E-state index contributed by atoms with van der Waals surface area (Å²) in [5.41, 5.74) is 2.41. The van der Waals surface area contributed by atoms with Gasteiger partial charge < -0.3 is 10.6 Å². The average molecular weight is 368 g/mol. The molecule has 0 aliphatic heterocycles. The van der Waals surface area contributed by atoms with Crippen LogP contribution in [0.3, 0.4) is 0 Å². The summed E-state index contributed by atoms with van der Waals surface area (Å²) in [5.74, 6) is 0.500. The van der Waals surface area contributed by atoms with Crippen molar-refractivity contribution in [2.45, 2.75) is 51.0 Å². The molecule has 0 atom stereocenters. The van der Waals surface area contributed by atoms with E-state index in [0.717, 1.165) is 56.2 Å². The van der Waals surface area contributed by atoms with Crippen LogP contribution >= 0.6 is 0 Å². The first-order valence-corrected chi connectivity index (χ1v) is 9.56.